The fraction of sp³-hybridized carbons (Fsp3) is 0.267. The van der Waals surface area contributed by atoms with E-state index < -0.39 is 27.6 Å². The highest BCUT2D eigenvalue weighted by atomic mass is 32.1. The van der Waals surface area contributed by atoms with Crippen LogP contribution in [0.4, 0.5) is 5.69 Å². The van der Waals surface area contributed by atoms with E-state index in [1.165, 1.54) is 5.38 Å². The van der Waals surface area contributed by atoms with Gasteiger partial charge in [-0.25, -0.2) is 4.79 Å². The molecule has 0 fully saturated rings. The van der Waals surface area contributed by atoms with Crippen LogP contribution in [0.25, 0.3) is 0 Å². The van der Waals surface area contributed by atoms with Crippen molar-refractivity contribution in [1.29, 1.82) is 0 Å². The number of nitro groups is 1. The summed E-state index contributed by atoms with van der Waals surface area (Å²) in [6, 6.07) is 9.38. The third-order valence-electron chi connectivity index (χ3n) is 2.96. The predicted molar refractivity (Wildman–Crippen MR) is 85.5 cm³/mol. The lowest BCUT2D eigenvalue weighted by Crippen LogP contribution is -2.23. The first kappa shape index (κ1) is 17.9. The van der Waals surface area contributed by atoms with E-state index in [0.29, 0.717) is 17.9 Å². The summed E-state index contributed by atoms with van der Waals surface area (Å²) in [5, 5.41) is 30.9. The normalized spacial score (nSPS) is 11.9. The van der Waals surface area contributed by atoms with Gasteiger partial charge in [0.2, 0.25) is 5.75 Å². The van der Waals surface area contributed by atoms with E-state index in [1.807, 2.05) is 30.3 Å². The molecular formula is C15H15NO7S. The Balaban J connectivity index is 1.84. The van der Waals surface area contributed by atoms with Crippen molar-refractivity contribution in [2.24, 2.45) is 0 Å². The second-order valence-electron chi connectivity index (χ2n) is 4.81. The summed E-state index contributed by atoms with van der Waals surface area (Å²) in [4.78, 5) is 20.7. The molecule has 1 aromatic carbocycles. The molecular weight excluding hydrogens is 338 g/mol. The predicted octanol–water partition coefficient (Wildman–Crippen LogP) is 2.31. The minimum Gasteiger partial charge on any atom is -0.483 e. The largest absolute Gasteiger partial charge is 0.483 e. The third-order valence-corrected chi connectivity index (χ3v) is 3.90. The van der Waals surface area contributed by atoms with Gasteiger partial charge < -0.3 is 19.7 Å². The molecule has 1 heterocycles. The molecule has 8 nitrogen and oxygen atoms in total. The van der Waals surface area contributed by atoms with Crippen LogP contribution in [-0.2, 0) is 11.3 Å². The van der Waals surface area contributed by atoms with Gasteiger partial charge in [0.05, 0.1) is 18.1 Å². The van der Waals surface area contributed by atoms with Crippen LogP contribution in [-0.4, -0.2) is 40.4 Å². The van der Waals surface area contributed by atoms with E-state index in [2.05, 4.69) is 0 Å². The number of rotatable bonds is 9. The molecule has 128 valence electrons. The number of aliphatic hydroxyl groups excluding tert-OH is 1. The van der Waals surface area contributed by atoms with Crippen LogP contribution in [0.15, 0.2) is 35.7 Å². The average Bonchev–Trinajstić information content (AvgIpc) is 2.98. The van der Waals surface area contributed by atoms with Gasteiger partial charge in [-0.05, 0) is 5.56 Å². The SMILES string of the molecule is O=C(O)c1scc(OC[C@H](O)COCc2ccccc2)c1[N+](=O)[O-]. The van der Waals surface area contributed by atoms with Crippen LogP contribution >= 0.6 is 11.3 Å². The standard InChI is InChI=1S/C15H15NO7S/c17-11(7-22-6-10-4-2-1-3-5-10)8-23-12-9-24-14(15(18)19)13(12)16(20)21/h1-5,9,11,17H,6-8H2,(H,18,19)/t11-/m1/s1. The second-order valence-corrected chi connectivity index (χ2v) is 5.69. The van der Waals surface area contributed by atoms with Crippen LogP contribution in [0.2, 0.25) is 0 Å². The minimum atomic E-state index is -1.40. The van der Waals surface area contributed by atoms with Crippen molar-refractivity contribution in [1.82, 2.24) is 0 Å². The highest BCUT2D eigenvalue weighted by Crippen LogP contribution is 2.36. The number of hydrogen-bond acceptors (Lipinski definition) is 7. The zero-order valence-electron chi connectivity index (χ0n) is 12.5. The van der Waals surface area contributed by atoms with E-state index in [1.54, 1.807) is 0 Å². The smallest absolute Gasteiger partial charge is 0.353 e. The second kappa shape index (κ2) is 8.39. The van der Waals surface area contributed by atoms with Crippen molar-refractivity contribution in [2.75, 3.05) is 13.2 Å². The number of aromatic carboxylic acids is 1. The Labute approximate surface area is 141 Å². The van der Waals surface area contributed by atoms with Gasteiger partial charge in [-0.3, -0.25) is 10.1 Å². The molecule has 0 spiro atoms. The van der Waals surface area contributed by atoms with Crippen molar-refractivity contribution in [3.8, 4) is 5.75 Å². The van der Waals surface area contributed by atoms with Crippen LogP contribution in [0.5, 0.6) is 5.75 Å². The van der Waals surface area contributed by atoms with Gasteiger partial charge in [-0.1, -0.05) is 30.3 Å². The molecule has 0 aliphatic heterocycles. The number of carboxylic acids is 1. The molecule has 2 aromatic rings. The molecule has 24 heavy (non-hydrogen) atoms. The number of benzene rings is 1. The maximum Gasteiger partial charge on any atom is 0.353 e. The lowest BCUT2D eigenvalue weighted by atomic mass is 10.2. The topological polar surface area (TPSA) is 119 Å². The summed E-state index contributed by atoms with van der Waals surface area (Å²) >= 11 is 0.700. The third kappa shape index (κ3) is 4.75. The van der Waals surface area contributed by atoms with Crippen LogP contribution in [0.3, 0.4) is 0 Å². The zero-order chi connectivity index (χ0) is 17.5. The summed E-state index contributed by atoms with van der Waals surface area (Å²) in [5.74, 6) is -1.57. The molecule has 2 N–H and O–H groups in total. The number of nitrogens with zero attached hydrogens (tertiary/aromatic N) is 1. The van der Waals surface area contributed by atoms with Crippen molar-refractivity contribution in [3.63, 3.8) is 0 Å². The maximum absolute atomic E-state index is 11.0. The van der Waals surface area contributed by atoms with Gasteiger partial charge >= 0.3 is 11.7 Å². The molecule has 0 aliphatic rings. The van der Waals surface area contributed by atoms with Gasteiger partial charge in [0.25, 0.3) is 0 Å². The Morgan fingerprint density at radius 1 is 1.29 bits per heavy atom. The molecule has 9 heteroatoms. The van der Waals surface area contributed by atoms with Crippen LogP contribution in [0, 0.1) is 10.1 Å². The molecule has 0 saturated carbocycles. The fourth-order valence-corrected chi connectivity index (χ4v) is 2.68. The van der Waals surface area contributed by atoms with Crippen molar-refractivity contribution in [3.05, 3.63) is 56.3 Å². The molecule has 0 bridgehead atoms. The monoisotopic (exact) mass is 353 g/mol. The number of thiophene rings is 1. The Bertz CT molecular complexity index is 701. The summed E-state index contributed by atoms with van der Waals surface area (Å²) < 4.78 is 10.5. The maximum atomic E-state index is 11.0. The molecule has 0 radical (unpaired) electrons. The summed E-state index contributed by atoms with van der Waals surface area (Å²) in [6.45, 7) is 0.0592. The average molecular weight is 353 g/mol. The van der Waals surface area contributed by atoms with E-state index >= 15 is 0 Å². The molecule has 0 amide bonds. The molecule has 0 unspecified atom stereocenters. The van der Waals surface area contributed by atoms with Crippen molar-refractivity contribution >= 4 is 23.0 Å². The number of carboxylic acid groups (broad SMARTS) is 1. The Morgan fingerprint density at radius 3 is 2.62 bits per heavy atom. The number of carbonyl (C=O) groups is 1. The van der Waals surface area contributed by atoms with E-state index in [-0.39, 0.29) is 19.0 Å². The van der Waals surface area contributed by atoms with Gasteiger partial charge in [-0.15, -0.1) is 11.3 Å². The van der Waals surface area contributed by atoms with Crippen LogP contribution < -0.4 is 4.74 Å². The minimum absolute atomic E-state index is 0.0153. The van der Waals surface area contributed by atoms with Gasteiger partial charge in [-0.2, -0.15) is 0 Å². The summed E-state index contributed by atoms with van der Waals surface area (Å²) in [7, 11) is 0. The Morgan fingerprint density at radius 2 is 2.00 bits per heavy atom. The lowest BCUT2D eigenvalue weighted by Gasteiger charge is -2.12. The highest BCUT2D eigenvalue weighted by molar-refractivity contribution is 7.12. The van der Waals surface area contributed by atoms with E-state index in [0.717, 1.165) is 5.56 Å². The van der Waals surface area contributed by atoms with Gasteiger partial charge in [0, 0.05) is 5.38 Å². The lowest BCUT2D eigenvalue weighted by molar-refractivity contribution is -0.385. The number of ether oxygens (including phenoxy) is 2. The first-order valence-electron chi connectivity index (χ1n) is 6.90. The molecule has 2 rings (SSSR count). The Hall–Kier alpha value is -2.49. The Kier molecular flexibility index (Phi) is 6.24. The summed E-state index contributed by atoms with van der Waals surface area (Å²) in [5.41, 5.74) is 0.343. The number of hydrogen-bond donors (Lipinski definition) is 2. The van der Waals surface area contributed by atoms with Gasteiger partial charge in [0.15, 0.2) is 4.88 Å². The van der Waals surface area contributed by atoms with Gasteiger partial charge in [0.1, 0.15) is 12.7 Å². The zero-order valence-corrected chi connectivity index (χ0v) is 13.3. The quantitative estimate of drug-likeness (QED) is 0.524. The molecule has 0 aliphatic carbocycles. The summed E-state index contributed by atoms with van der Waals surface area (Å²) in [6.07, 6.45) is -0.999. The van der Waals surface area contributed by atoms with Crippen molar-refractivity contribution in [2.45, 2.75) is 12.7 Å². The van der Waals surface area contributed by atoms with Crippen LogP contribution in [0.1, 0.15) is 15.2 Å². The molecule has 1 aromatic heterocycles. The molecule has 0 saturated heterocycles. The van der Waals surface area contributed by atoms with E-state index in [9.17, 15) is 20.0 Å². The first-order valence-corrected chi connectivity index (χ1v) is 7.78. The fourth-order valence-electron chi connectivity index (χ4n) is 1.88. The van der Waals surface area contributed by atoms with Crippen molar-refractivity contribution < 1.29 is 29.4 Å². The first-order chi connectivity index (χ1) is 11.5. The number of aliphatic hydroxyl groups is 1. The van der Waals surface area contributed by atoms with E-state index in [4.69, 9.17) is 14.6 Å². The highest BCUT2D eigenvalue weighted by Gasteiger charge is 2.29. The molecule has 1 atom stereocenters.